The van der Waals surface area contributed by atoms with E-state index in [9.17, 15) is 35.8 Å². The number of H-pyrrole nitrogens is 1. The van der Waals surface area contributed by atoms with Crippen molar-refractivity contribution in [1.82, 2.24) is 30.0 Å². The molecule has 2 unspecified atom stereocenters. The van der Waals surface area contributed by atoms with E-state index in [0.717, 1.165) is 62.6 Å². The van der Waals surface area contributed by atoms with E-state index in [1.807, 2.05) is 6.07 Å². The molecule has 1 aromatic carbocycles. The minimum atomic E-state index is -5.08. The zero-order chi connectivity index (χ0) is 42.9. The summed E-state index contributed by atoms with van der Waals surface area (Å²) in [5.74, 6) is -5.22. The molecule has 0 radical (unpaired) electrons. The van der Waals surface area contributed by atoms with Crippen molar-refractivity contribution in [2.45, 2.75) is 94.4 Å². The minimum absolute atomic E-state index is 0.0835. The van der Waals surface area contributed by atoms with Crippen LogP contribution in [0.1, 0.15) is 63.4 Å². The van der Waals surface area contributed by atoms with Crippen LogP contribution in [0.3, 0.4) is 0 Å². The summed E-state index contributed by atoms with van der Waals surface area (Å²) >= 11 is 6.83. The van der Waals surface area contributed by atoms with Crippen LogP contribution in [0.5, 0.6) is 6.01 Å². The van der Waals surface area contributed by atoms with Gasteiger partial charge in [-0.2, -0.15) is 41.4 Å². The number of aromatic nitrogens is 5. The number of carboxylic acids is 2. The molecule has 9 rings (SSSR count). The van der Waals surface area contributed by atoms with E-state index < -0.39 is 42.4 Å². The Labute approximate surface area is 335 Å². The quantitative estimate of drug-likeness (QED) is 0.152. The van der Waals surface area contributed by atoms with Crippen LogP contribution in [-0.2, 0) is 16.0 Å². The molecule has 3 fully saturated rings. The molecule has 0 spiro atoms. The van der Waals surface area contributed by atoms with Crippen LogP contribution in [0.15, 0.2) is 18.5 Å². The molecular weight excluding hydrogens is 826 g/mol. The second kappa shape index (κ2) is 17.5. The molecule has 3 aromatic heterocycles. The van der Waals surface area contributed by atoms with Gasteiger partial charge in [0.15, 0.2) is 5.82 Å². The lowest BCUT2D eigenvalue weighted by molar-refractivity contribution is -0.193. The number of aliphatic hydroxyl groups is 1. The Morgan fingerprint density at radius 1 is 0.966 bits per heavy atom. The number of fused-ring (bicyclic) bond motifs is 8. The van der Waals surface area contributed by atoms with Crippen molar-refractivity contribution in [3.8, 4) is 17.3 Å². The molecular formula is C37H40ClF8N7O6. The molecule has 13 nitrogen and oxygen atoms in total. The first-order valence-corrected chi connectivity index (χ1v) is 19.2. The number of carboxylic acid groups (broad SMARTS) is 2. The summed E-state index contributed by atoms with van der Waals surface area (Å²) in [6, 6.07) is 1.91. The van der Waals surface area contributed by atoms with Crippen LogP contribution in [0.25, 0.3) is 33.1 Å². The molecule has 59 heavy (non-hydrogen) atoms. The third-order valence-corrected chi connectivity index (χ3v) is 11.4. The zero-order valence-electron chi connectivity index (χ0n) is 31.2. The number of pyridine rings is 1. The van der Waals surface area contributed by atoms with Crippen molar-refractivity contribution in [1.29, 1.82) is 0 Å². The number of carbonyl (C=O) groups is 2. The van der Waals surface area contributed by atoms with Crippen LogP contribution < -0.4 is 9.64 Å². The number of nitrogens with zero attached hydrogens (tertiary/aromatic N) is 6. The Hall–Kier alpha value is -4.63. The lowest BCUT2D eigenvalue weighted by Gasteiger charge is -2.35. The van der Waals surface area contributed by atoms with Crippen LogP contribution in [0, 0.1) is 11.7 Å². The number of rotatable bonds is 3. The highest BCUT2D eigenvalue weighted by Crippen LogP contribution is 2.43. The van der Waals surface area contributed by atoms with Gasteiger partial charge in [0, 0.05) is 48.2 Å². The van der Waals surface area contributed by atoms with Gasteiger partial charge in [0.1, 0.15) is 29.8 Å². The Morgan fingerprint density at radius 2 is 1.68 bits per heavy atom. The average Bonchev–Trinajstić information content (AvgIpc) is 3.86. The number of anilines is 1. The van der Waals surface area contributed by atoms with Crippen molar-refractivity contribution in [2.75, 3.05) is 37.7 Å². The fourth-order valence-electron chi connectivity index (χ4n) is 8.40. The number of hydrogen-bond donors (Lipinski definition) is 4. The van der Waals surface area contributed by atoms with Gasteiger partial charge in [-0.05, 0) is 75.5 Å². The predicted molar refractivity (Wildman–Crippen MR) is 196 cm³/mol. The Kier molecular flexibility index (Phi) is 13.1. The highest BCUT2D eigenvalue weighted by Gasteiger charge is 2.49. The van der Waals surface area contributed by atoms with Crippen molar-refractivity contribution in [2.24, 2.45) is 5.92 Å². The molecule has 8 heterocycles. The standard InChI is InChI=1S/C33H38ClF2N7O2.2C2HF3O2/c34-25-12-26-23(15-38-41-26)27-22(25)7-2-1-6-21(44)11-19-5-3-9-42(16-19)31-24-14-37-30(27)28(36)29(24)39-32(40-31)45-18-33-8-4-10-43(33)17-20(35)13-33;2*3-2(4,5)1(6)7/h12,14-15,19-21,44H,1-11,13,16-18H2,(H,38,41);2*(H,6,7)/t19?,20-,21?,33+;;/m1../s1. The fourth-order valence-corrected chi connectivity index (χ4v) is 8.70. The maximum absolute atomic E-state index is 17.0. The summed E-state index contributed by atoms with van der Waals surface area (Å²) in [5.41, 5.74) is 1.99. The highest BCUT2D eigenvalue weighted by atomic mass is 35.5. The second-order valence-electron chi connectivity index (χ2n) is 15.1. The molecule has 322 valence electrons. The van der Waals surface area contributed by atoms with Crippen molar-refractivity contribution >= 4 is 51.2 Å². The minimum Gasteiger partial charge on any atom is -0.475 e. The number of piperidine rings is 1. The van der Waals surface area contributed by atoms with Gasteiger partial charge in [0.05, 0.1) is 28.7 Å². The summed E-state index contributed by atoms with van der Waals surface area (Å²) in [7, 11) is 0. The number of aliphatic hydroxyl groups excluding tert-OH is 1. The molecule has 22 heteroatoms. The molecule has 4 N–H and O–H groups in total. The van der Waals surface area contributed by atoms with Crippen LogP contribution in [0.4, 0.5) is 40.9 Å². The summed E-state index contributed by atoms with van der Waals surface area (Å²) < 4.78 is 101. The monoisotopic (exact) mass is 865 g/mol. The normalized spacial score (nSPS) is 23.6. The summed E-state index contributed by atoms with van der Waals surface area (Å²) in [6.45, 7) is 2.96. The Bertz CT molecular complexity index is 2150. The van der Waals surface area contributed by atoms with E-state index in [-0.39, 0.29) is 35.3 Å². The number of halogens is 9. The van der Waals surface area contributed by atoms with Crippen molar-refractivity contribution < 1.29 is 64.8 Å². The Morgan fingerprint density at radius 3 is 2.37 bits per heavy atom. The van der Waals surface area contributed by atoms with E-state index in [4.69, 9.17) is 46.1 Å². The van der Waals surface area contributed by atoms with Crippen LogP contribution in [-0.4, -0.2) is 120 Å². The number of nitrogens with one attached hydrogen (secondary N) is 1. The maximum Gasteiger partial charge on any atom is 0.490 e. The SMILES string of the molecule is O=C(O)C(F)(F)F.O=C(O)C(F)(F)F.OC1CCCCc2c(Cl)cc3[nH]ncc3c2-c2ncc3c(nc(OC[C@@]45CCCN4C[C@H](F)C5)nc3c2F)N2CCCC(C1)C2. The van der Waals surface area contributed by atoms with Gasteiger partial charge in [-0.25, -0.2) is 18.4 Å². The van der Waals surface area contributed by atoms with E-state index in [0.29, 0.717) is 66.1 Å². The molecule has 4 aromatic rings. The van der Waals surface area contributed by atoms with Gasteiger partial charge in [-0.1, -0.05) is 18.0 Å². The van der Waals surface area contributed by atoms with Crippen LogP contribution >= 0.6 is 11.6 Å². The van der Waals surface area contributed by atoms with Crippen molar-refractivity contribution in [3.05, 3.63) is 34.9 Å². The van der Waals surface area contributed by atoms with E-state index in [1.165, 1.54) is 0 Å². The molecule has 6 bridgehead atoms. The number of hydrogen-bond acceptors (Lipinski definition) is 10. The molecule has 0 amide bonds. The Balaban J connectivity index is 0.000000361. The largest absolute Gasteiger partial charge is 0.490 e. The average molecular weight is 866 g/mol. The van der Waals surface area contributed by atoms with Crippen molar-refractivity contribution in [3.63, 3.8) is 0 Å². The third-order valence-electron chi connectivity index (χ3n) is 11.0. The van der Waals surface area contributed by atoms with Gasteiger partial charge in [-0.15, -0.1) is 0 Å². The summed E-state index contributed by atoms with van der Waals surface area (Å²) in [6.07, 6.45) is -0.244. The van der Waals surface area contributed by atoms with E-state index in [1.54, 1.807) is 12.4 Å². The maximum atomic E-state index is 17.0. The van der Waals surface area contributed by atoms with Gasteiger partial charge in [0.25, 0.3) is 0 Å². The first-order chi connectivity index (χ1) is 27.8. The summed E-state index contributed by atoms with van der Waals surface area (Å²) in [5, 5.41) is 34.2. The van der Waals surface area contributed by atoms with Gasteiger partial charge in [0.2, 0.25) is 0 Å². The van der Waals surface area contributed by atoms with E-state index in [2.05, 4.69) is 25.0 Å². The summed E-state index contributed by atoms with van der Waals surface area (Å²) in [4.78, 5) is 36.4. The number of benzene rings is 1. The molecule has 5 aliphatic rings. The molecule has 0 saturated carbocycles. The smallest absolute Gasteiger partial charge is 0.475 e. The lowest BCUT2D eigenvalue weighted by Crippen LogP contribution is -2.43. The number of aromatic amines is 1. The molecule has 0 aliphatic carbocycles. The molecule has 4 atom stereocenters. The first-order valence-electron chi connectivity index (χ1n) is 18.8. The third kappa shape index (κ3) is 9.88. The number of aliphatic carboxylic acids is 2. The highest BCUT2D eigenvalue weighted by molar-refractivity contribution is 6.33. The second-order valence-corrected chi connectivity index (χ2v) is 15.5. The lowest BCUT2D eigenvalue weighted by atomic mass is 9.89. The number of alkyl halides is 7. The fraction of sp³-hybridized carbons (Fsp3) is 0.568. The van der Waals surface area contributed by atoms with E-state index >= 15 is 4.39 Å². The van der Waals surface area contributed by atoms with Gasteiger partial charge in [-0.3, -0.25) is 15.0 Å². The number of ether oxygens (including phenoxy) is 1. The zero-order valence-corrected chi connectivity index (χ0v) is 32.0. The topological polar surface area (TPSA) is 178 Å². The first kappa shape index (κ1) is 43.9. The van der Waals surface area contributed by atoms with Gasteiger partial charge >= 0.3 is 30.3 Å². The predicted octanol–water partition coefficient (Wildman–Crippen LogP) is 7.28. The molecule has 5 aliphatic heterocycles. The van der Waals surface area contributed by atoms with Gasteiger partial charge < -0.3 is 25.0 Å². The molecule has 3 saturated heterocycles. The van der Waals surface area contributed by atoms with Crippen LogP contribution in [0.2, 0.25) is 5.02 Å².